The van der Waals surface area contributed by atoms with Crippen LogP contribution in [0.15, 0.2) is 23.1 Å². The number of fused-ring (bicyclic) bond motifs is 1. The van der Waals surface area contributed by atoms with Crippen LogP contribution < -0.4 is 9.47 Å². The molecule has 2 aliphatic heterocycles. The van der Waals surface area contributed by atoms with Crippen LogP contribution in [0.2, 0.25) is 0 Å². The molecule has 1 amide bonds. The maximum atomic E-state index is 12.6. The van der Waals surface area contributed by atoms with Crippen molar-refractivity contribution in [3.63, 3.8) is 0 Å². The van der Waals surface area contributed by atoms with E-state index in [4.69, 9.17) is 26.4 Å². The van der Waals surface area contributed by atoms with Crippen LogP contribution in [-0.4, -0.2) is 66.6 Å². The fraction of sp³-hybridized carbons (Fsp3) is 0.389. The van der Waals surface area contributed by atoms with Gasteiger partial charge in [-0.3, -0.25) is 14.5 Å². The summed E-state index contributed by atoms with van der Waals surface area (Å²) in [7, 11) is 3.81. The molecule has 0 atom stereocenters. The van der Waals surface area contributed by atoms with Crippen molar-refractivity contribution in [1.29, 1.82) is 0 Å². The Hall–Kier alpha value is -2.10. The van der Waals surface area contributed by atoms with Crippen molar-refractivity contribution >= 4 is 46.3 Å². The first-order valence-corrected chi connectivity index (χ1v) is 9.62. The second kappa shape index (κ2) is 8.73. The van der Waals surface area contributed by atoms with Gasteiger partial charge >= 0.3 is 5.97 Å². The summed E-state index contributed by atoms with van der Waals surface area (Å²) < 4.78 is 16.2. The fourth-order valence-corrected chi connectivity index (χ4v) is 3.77. The first-order chi connectivity index (χ1) is 12.9. The highest BCUT2D eigenvalue weighted by atomic mass is 32.2. The molecule has 1 aromatic rings. The molecule has 9 heteroatoms. The van der Waals surface area contributed by atoms with Crippen LogP contribution >= 0.6 is 24.0 Å². The molecule has 0 bridgehead atoms. The number of nitrogens with zero attached hydrogens (tertiary/aromatic N) is 2. The first kappa shape index (κ1) is 19.7. The van der Waals surface area contributed by atoms with E-state index in [0.29, 0.717) is 33.9 Å². The zero-order chi connectivity index (χ0) is 19.4. The molecule has 7 nitrogen and oxygen atoms in total. The second-order valence-electron chi connectivity index (χ2n) is 6.22. The highest BCUT2D eigenvalue weighted by molar-refractivity contribution is 8.26. The fourth-order valence-electron chi connectivity index (χ4n) is 2.46. The average molecular weight is 409 g/mol. The van der Waals surface area contributed by atoms with E-state index < -0.39 is 0 Å². The highest BCUT2D eigenvalue weighted by Gasteiger charge is 2.32. The number of thiocarbonyl (C=S) groups is 1. The summed E-state index contributed by atoms with van der Waals surface area (Å²) in [6, 6.07) is 5.47. The molecule has 0 saturated carbocycles. The van der Waals surface area contributed by atoms with Gasteiger partial charge in [0.15, 0.2) is 11.5 Å². The lowest BCUT2D eigenvalue weighted by Crippen LogP contribution is -2.31. The topological polar surface area (TPSA) is 68.3 Å². The normalized spacial score (nSPS) is 17.3. The van der Waals surface area contributed by atoms with Gasteiger partial charge in [-0.1, -0.05) is 30.0 Å². The Morgan fingerprint density at radius 1 is 1.37 bits per heavy atom. The van der Waals surface area contributed by atoms with E-state index >= 15 is 0 Å². The molecule has 144 valence electrons. The van der Waals surface area contributed by atoms with Gasteiger partial charge < -0.3 is 19.1 Å². The van der Waals surface area contributed by atoms with Crippen molar-refractivity contribution in [2.45, 2.75) is 6.42 Å². The third-order valence-corrected chi connectivity index (χ3v) is 5.29. The van der Waals surface area contributed by atoms with Crippen molar-refractivity contribution in [3.8, 4) is 11.5 Å². The molecule has 0 radical (unpaired) electrons. The Morgan fingerprint density at radius 2 is 2.15 bits per heavy atom. The van der Waals surface area contributed by atoms with Gasteiger partial charge in [0.25, 0.3) is 5.91 Å². The number of carbonyl (C=O) groups is 2. The highest BCUT2D eigenvalue weighted by Crippen LogP contribution is 2.36. The minimum absolute atomic E-state index is 0.108. The molecule has 2 heterocycles. The number of hydrogen-bond donors (Lipinski definition) is 0. The predicted octanol–water partition coefficient (Wildman–Crippen LogP) is 2.11. The van der Waals surface area contributed by atoms with Gasteiger partial charge in [-0.05, 0) is 37.9 Å². The minimum atomic E-state index is -0.342. The molecule has 1 saturated heterocycles. The van der Waals surface area contributed by atoms with Gasteiger partial charge in [0.1, 0.15) is 10.9 Å². The Kier molecular flexibility index (Phi) is 6.35. The Bertz CT molecular complexity index is 794. The Balaban J connectivity index is 1.57. The number of likely N-dealkylation sites (N-methyl/N-ethyl adjacent to an activating group) is 1. The van der Waals surface area contributed by atoms with Crippen molar-refractivity contribution < 1.29 is 23.8 Å². The van der Waals surface area contributed by atoms with E-state index in [1.165, 1.54) is 16.7 Å². The summed E-state index contributed by atoms with van der Waals surface area (Å²) in [6.45, 7) is 1.40. The summed E-state index contributed by atoms with van der Waals surface area (Å²) in [5, 5.41) is 0. The molecule has 0 spiro atoms. The number of thioether (sulfide) groups is 1. The van der Waals surface area contributed by atoms with Crippen LogP contribution in [-0.2, 0) is 14.3 Å². The zero-order valence-corrected chi connectivity index (χ0v) is 16.7. The van der Waals surface area contributed by atoms with Gasteiger partial charge in [-0.2, -0.15) is 0 Å². The molecule has 1 fully saturated rings. The summed E-state index contributed by atoms with van der Waals surface area (Å²) >= 11 is 6.51. The van der Waals surface area contributed by atoms with E-state index in [2.05, 4.69) is 0 Å². The molecule has 0 N–H and O–H groups in total. The quantitative estimate of drug-likeness (QED) is 0.386. The molecular formula is C18H20N2O5S2. The number of hydrogen-bond acceptors (Lipinski definition) is 8. The average Bonchev–Trinajstić information content (AvgIpc) is 3.18. The second-order valence-corrected chi connectivity index (χ2v) is 7.90. The first-order valence-electron chi connectivity index (χ1n) is 8.39. The third-order valence-electron chi connectivity index (χ3n) is 3.91. The molecular weight excluding hydrogens is 388 g/mol. The molecule has 2 aliphatic rings. The van der Waals surface area contributed by atoms with Gasteiger partial charge in [-0.15, -0.1) is 0 Å². The lowest BCUT2D eigenvalue weighted by atomic mass is 10.2. The third kappa shape index (κ3) is 5.00. The summed E-state index contributed by atoms with van der Waals surface area (Å²) in [5.41, 5.74) is 0.822. The van der Waals surface area contributed by atoms with E-state index in [-0.39, 0.29) is 31.6 Å². The van der Waals surface area contributed by atoms with Crippen molar-refractivity contribution in [2.75, 3.05) is 40.6 Å². The summed E-state index contributed by atoms with van der Waals surface area (Å²) in [4.78, 5) is 28.3. The maximum absolute atomic E-state index is 12.6. The van der Waals surface area contributed by atoms with Crippen LogP contribution in [0.5, 0.6) is 11.5 Å². The van der Waals surface area contributed by atoms with E-state index in [1.807, 2.05) is 31.1 Å². The standard InChI is InChI=1S/C18H20N2O5S2/c1-19(2)7-8-23-16(21)5-6-20-17(22)15(27-18(20)26)10-12-3-4-13-14(9-12)25-11-24-13/h3-4,9-10H,5-8,11H2,1-2H3. The van der Waals surface area contributed by atoms with Crippen LogP contribution in [0.25, 0.3) is 6.08 Å². The van der Waals surface area contributed by atoms with Crippen LogP contribution in [0.1, 0.15) is 12.0 Å². The minimum Gasteiger partial charge on any atom is -0.464 e. The Morgan fingerprint density at radius 3 is 2.93 bits per heavy atom. The lowest BCUT2D eigenvalue weighted by Gasteiger charge is -2.14. The summed E-state index contributed by atoms with van der Waals surface area (Å²) in [5.74, 6) is 0.793. The molecule has 27 heavy (non-hydrogen) atoms. The number of benzene rings is 1. The number of amides is 1. The zero-order valence-electron chi connectivity index (χ0n) is 15.1. The molecule has 0 unspecified atom stereocenters. The smallest absolute Gasteiger partial charge is 0.307 e. The number of rotatable bonds is 7. The molecule has 0 aliphatic carbocycles. The SMILES string of the molecule is CN(C)CCOC(=O)CCN1C(=O)C(=Cc2ccc3c(c2)OCO3)SC1=S. The summed E-state index contributed by atoms with van der Waals surface area (Å²) in [6.07, 6.45) is 1.87. The maximum Gasteiger partial charge on any atom is 0.307 e. The largest absolute Gasteiger partial charge is 0.464 e. The molecule has 0 aromatic heterocycles. The number of ether oxygens (including phenoxy) is 3. The Labute approximate surface area is 167 Å². The van der Waals surface area contributed by atoms with Crippen molar-refractivity contribution in [3.05, 3.63) is 28.7 Å². The number of esters is 1. The van der Waals surface area contributed by atoms with Gasteiger partial charge in [0.2, 0.25) is 6.79 Å². The van der Waals surface area contributed by atoms with E-state index in [1.54, 1.807) is 12.1 Å². The van der Waals surface area contributed by atoms with Crippen molar-refractivity contribution in [2.24, 2.45) is 0 Å². The molecule has 3 rings (SSSR count). The monoisotopic (exact) mass is 408 g/mol. The van der Waals surface area contributed by atoms with Crippen molar-refractivity contribution in [1.82, 2.24) is 9.80 Å². The van der Waals surface area contributed by atoms with Gasteiger partial charge in [-0.25, -0.2) is 0 Å². The van der Waals surface area contributed by atoms with E-state index in [9.17, 15) is 9.59 Å². The van der Waals surface area contributed by atoms with E-state index in [0.717, 1.165) is 5.56 Å². The number of carbonyl (C=O) groups excluding carboxylic acids is 2. The van der Waals surface area contributed by atoms with Crippen LogP contribution in [0.3, 0.4) is 0 Å². The lowest BCUT2D eigenvalue weighted by molar-refractivity contribution is -0.144. The van der Waals surface area contributed by atoms with Crippen LogP contribution in [0, 0.1) is 0 Å². The van der Waals surface area contributed by atoms with Gasteiger partial charge in [0.05, 0.1) is 11.3 Å². The molecule has 1 aromatic carbocycles. The van der Waals surface area contributed by atoms with Crippen LogP contribution in [0.4, 0.5) is 0 Å². The predicted molar refractivity (Wildman–Crippen MR) is 107 cm³/mol. The van der Waals surface area contributed by atoms with Gasteiger partial charge in [0, 0.05) is 13.1 Å².